The summed E-state index contributed by atoms with van der Waals surface area (Å²) in [5, 5.41) is 5.01. The summed E-state index contributed by atoms with van der Waals surface area (Å²) in [5.41, 5.74) is 0. The van der Waals surface area contributed by atoms with Crippen molar-refractivity contribution in [2.24, 2.45) is 5.92 Å². The Kier molecular flexibility index (Phi) is 4.90. The topological polar surface area (TPSA) is 87.8 Å². The Morgan fingerprint density at radius 3 is 2.58 bits per heavy atom. The van der Waals surface area contributed by atoms with Gasteiger partial charge in [0.15, 0.2) is 5.78 Å². The molecule has 19 heavy (non-hydrogen) atoms. The second-order valence-electron chi connectivity index (χ2n) is 5.23. The lowest BCUT2D eigenvalue weighted by molar-refractivity contribution is -0.128. The molecule has 1 aliphatic heterocycles. The third kappa shape index (κ3) is 4.31. The third-order valence-corrected chi connectivity index (χ3v) is 3.72. The molecular formula is C13H20N2O4. The van der Waals surface area contributed by atoms with Crippen LogP contribution in [0.5, 0.6) is 0 Å². The number of rotatable bonds is 8. The number of epoxide rings is 1. The van der Waals surface area contributed by atoms with Crippen molar-refractivity contribution in [1.29, 1.82) is 0 Å². The first-order valence-corrected chi connectivity index (χ1v) is 6.82. The highest BCUT2D eigenvalue weighted by atomic mass is 16.6. The lowest BCUT2D eigenvalue weighted by atomic mass is 9.94. The van der Waals surface area contributed by atoms with Gasteiger partial charge in [0.05, 0.1) is 19.2 Å². The Bertz CT molecular complexity index is 349. The molecule has 106 valence electrons. The number of Topliss-reactive ketones (excluding diaryl/α,β-unsaturated/α-hetero) is 1. The van der Waals surface area contributed by atoms with Crippen molar-refractivity contribution in [1.82, 2.24) is 10.6 Å². The Morgan fingerprint density at radius 2 is 2.00 bits per heavy atom. The number of ketones is 1. The third-order valence-electron chi connectivity index (χ3n) is 3.72. The summed E-state index contributed by atoms with van der Waals surface area (Å²) in [6.07, 6.45) is 5.46. The number of hydrogen-bond donors (Lipinski definition) is 2. The van der Waals surface area contributed by atoms with Crippen LogP contribution >= 0.6 is 0 Å². The van der Waals surface area contributed by atoms with Gasteiger partial charge >= 0.3 is 0 Å². The van der Waals surface area contributed by atoms with Gasteiger partial charge in [0.1, 0.15) is 6.10 Å². The molecular weight excluding hydrogens is 248 g/mol. The van der Waals surface area contributed by atoms with E-state index in [0.29, 0.717) is 25.4 Å². The average Bonchev–Trinajstić information content (AvgIpc) is 3.13. The standard InChI is InChI=1S/C13H20N2O4/c16-8-14-6-12(17)15-10(13(18)11-7-19-11)5-9-3-1-2-4-9/h8-11H,1-7H2,(H,14,16)(H,15,17)/t10-,11?/m0/s1. The average molecular weight is 268 g/mol. The summed E-state index contributed by atoms with van der Waals surface area (Å²) in [6, 6.07) is -0.475. The zero-order valence-electron chi connectivity index (χ0n) is 10.9. The minimum atomic E-state index is -0.475. The van der Waals surface area contributed by atoms with Crippen LogP contribution in [0.3, 0.4) is 0 Å². The highest BCUT2D eigenvalue weighted by Gasteiger charge is 2.38. The maximum atomic E-state index is 12.1. The molecule has 2 aliphatic rings. The molecule has 0 aromatic heterocycles. The van der Waals surface area contributed by atoms with E-state index in [1.165, 1.54) is 12.8 Å². The molecule has 6 nitrogen and oxygen atoms in total. The van der Waals surface area contributed by atoms with Gasteiger partial charge < -0.3 is 15.4 Å². The van der Waals surface area contributed by atoms with Crippen molar-refractivity contribution in [2.75, 3.05) is 13.2 Å². The molecule has 2 rings (SSSR count). The molecule has 0 bridgehead atoms. The second kappa shape index (κ2) is 6.65. The molecule has 2 N–H and O–H groups in total. The molecule has 0 aromatic carbocycles. The van der Waals surface area contributed by atoms with E-state index in [1.807, 2.05) is 0 Å². The smallest absolute Gasteiger partial charge is 0.239 e. The number of ether oxygens (including phenoxy) is 1. The molecule has 2 atom stereocenters. The Hall–Kier alpha value is -1.43. The van der Waals surface area contributed by atoms with Gasteiger partial charge in [-0.25, -0.2) is 0 Å². The van der Waals surface area contributed by atoms with E-state index in [-0.39, 0.29) is 24.3 Å². The van der Waals surface area contributed by atoms with E-state index in [9.17, 15) is 14.4 Å². The van der Waals surface area contributed by atoms with Crippen LogP contribution in [-0.2, 0) is 19.1 Å². The molecule has 2 fully saturated rings. The van der Waals surface area contributed by atoms with Gasteiger partial charge in [0.25, 0.3) is 0 Å². The monoisotopic (exact) mass is 268 g/mol. The fraction of sp³-hybridized carbons (Fsp3) is 0.769. The predicted octanol–water partition coefficient (Wildman–Crippen LogP) is -0.235. The summed E-state index contributed by atoms with van der Waals surface area (Å²) in [7, 11) is 0. The maximum absolute atomic E-state index is 12.1. The van der Waals surface area contributed by atoms with E-state index < -0.39 is 6.04 Å². The van der Waals surface area contributed by atoms with Gasteiger partial charge in [0.2, 0.25) is 12.3 Å². The highest BCUT2D eigenvalue weighted by Crippen LogP contribution is 2.29. The van der Waals surface area contributed by atoms with E-state index in [0.717, 1.165) is 12.8 Å². The van der Waals surface area contributed by atoms with Gasteiger partial charge in [-0.3, -0.25) is 14.4 Å². The van der Waals surface area contributed by atoms with Crippen LogP contribution < -0.4 is 10.6 Å². The largest absolute Gasteiger partial charge is 0.365 e. The van der Waals surface area contributed by atoms with Gasteiger partial charge in [-0.05, 0) is 12.3 Å². The normalized spacial score (nSPS) is 23.7. The number of hydrogen-bond acceptors (Lipinski definition) is 4. The number of amides is 2. The van der Waals surface area contributed by atoms with Crippen molar-refractivity contribution >= 4 is 18.1 Å². The molecule has 0 aromatic rings. The summed E-state index contributed by atoms with van der Waals surface area (Å²) in [5.74, 6) is 0.141. The number of carbonyl (C=O) groups is 3. The predicted molar refractivity (Wildman–Crippen MR) is 67.3 cm³/mol. The van der Waals surface area contributed by atoms with Gasteiger partial charge in [-0.2, -0.15) is 0 Å². The molecule has 1 saturated heterocycles. The quantitative estimate of drug-likeness (QED) is 0.470. The van der Waals surface area contributed by atoms with Crippen molar-refractivity contribution in [3.05, 3.63) is 0 Å². The summed E-state index contributed by atoms with van der Waals surface area (Å²) in [6.45, 7) is 0.367. The van der Waals surface area contributed by atoms with Gasteiger partial charge in [-0.1, -0.05) is 25.7 Å². The minimum absolute atomic E-state index is 0.0358. The Balaban J connectivity index is 1.86. The van der Waals surface area contributed by atoms with Crippen LogP contribution in [0.15, 0.2) is 0 Å². The molecule has 0 radical (unpaired) electrons. The lowest BCUT2D eigenvalue weighted by Gasteiger charge is -2.20. The van der Waals surface area contributed by atoms with Crippen LogP contribution in [-0.4, -0.2) is 43.4 Å². The van der Waals surface area contributed by atoms with Crippen LogP contribution in [0, 0.1) is 5.92 Å². The second-order valence-corrected chi connectivity index (χ2v) is 5.23. The summed E-state index contributed by atoms with van der Waals surface area (Å²) >= 11 is 0. The first-order chi connectivity index (χ1) is 9.20. The Labute approximate surface area is 112 Å². The molecule has 0 spiro atoms. The number of carbonyl (C=O) groups excluding carboxylic acids is 3. The molecule has 1 saturated carbocycles. The van der Waals surface area contributed by atoms with Crippen molar-refractivity contribution in [2.45, 2.75) is 44.2 Å². The lowest BCUT2D eigenvalue weighted by Crippen LogP contribution is -2.46. The SMILES string of the molecule is O=CNCC(=O)N[C@@H](CC1CCCC1)C(=O)C1CO1. The first kappa shape index (κ1) is 14.0. The molecule has 1 aliphatic carbocycles. The zero-order valence-corrected chi connectivity index (χ0v) is 10.9. The van der Waals surface area contributed by atoms with Crippen molar-refractivity contribution in [3.63, 3.8) is 0 Å². The van der Waals surface area contributed by atoms with E-state index in [2.05, 4.69) is 10.6 Å². The van der Waals surface area contributed by atoms with E-state index >= 15 is 0 Å². The summed E-state index contributed by atoms with van der Waals surface area (Å²) in [4.78, 5) is 33.8. The zero-order chi connectivity index (χ0) is 13.7. The molecule has 6 heteroatoms. The fourth-order valence-electron chi connectivity index (χ4n) is 2.64. The van der Waals surface area contributed by atoms with Crippen LogP contribution in [0.4, 0.5) is 0 Å². The maximum Gasteiger partial charge on any atom is 0.239 e. The van der Waals surface area contributed by atoms with Crippen LogP contribution in [0.1, 0.15) is 32.1 Å². The van der Waals surface area contributed by atoms with E-state index in [1.54, 1.807) is 0 Å². The van der Waals surface area contributed by atoms with Gasteiger partial charge in [0, 0.05) is 0 Å². The number of nitrogens with one attached hydrogen (secondary N) is 2. The van der Waals surface area contributed by atoms with E-state index in [4.69, 9.17) is 4.74 Å². The van der Waals surface area contributed by atoms with Gasteiger partial charge in [-0.15, -0.1) is 0 Å². The van der Waals surface area contributed by atoms with Crippen molar-refractivity contribution in [3.8, 4) is 0 Å². The highest BCUT2D eigenvalue weighted by molar-refractivity contribution is 5.93. The molecule has 2 amide bonds. The molecule has 1 heterocycles. The van der Waals surface area contributed by atoms with Crippen LogP contribution in [0.25, 0.3) is 0 Å². The van der Waals surface area contributed by atoms with Crippen LogP contribution in [0.2, 0.25) is 0 Å². The Morgan fingerprint density at radius 1 is 1.32 bits per heavy atom. The van der Waals surface area contributed by atoms with Crippen molar-refractivity contribution < 1.29 is 19.1 Å². The summed E-state index contributed by atoms with van der Waals surface area (Å²) < 4.78 is 5.01. The molecule has 1 unspecified atom stereocenters. The first-order valence-electron chi connectivity index (χ1n) is 6.82. The fourth-order valence-corrected chi connectivity index (χ4v) is 2.64. The minimum Gasteiger partial charge on any atom is -0.365 e.